The Morgan fingerprint density at radius 3 is 2.95 bits per heavy atom. The molecule has 2 fully saturated rings. The molecule has 2 heterocycles. The van der Waals surface area contributed by atoms with Crippen molar-refractivity contribution in [2.45, 2.75) is 31.3 Å². The van der Waals surface area contributed by atoms with Crippen LogP contribution in [0.4, 0.5) is 10.5 Å². The quantitative estimate of drug-likeness (QED) is 0.882. The molecule has 3 aliphatic rings. The lowest BCUT2D eigenvalue weighted by molar-refractivity contribution is -0.128. The van der Waals surface area contributed by atoms with E-state index in [0.717, 1.165) is 12.8 Å². The molecule has 116 valence electrons. The number of ether oxygens (including phenoxy) is 2. The first-order valence-electron chi connectivity index (χ1n) is 7.46. The average Bonchev–Trinajstić information content (AvgIpc) is 3.09. The Labute approximate surface area is 127 Å². The highest BCUT2D eigenvalue weighted by molar-refractivity contribution is 5.92. The first kappa shape index (κ1) is 13.2. The van der Waals surface area contributed by atoms with Gasteiger partial charge in [-0.2, -0.15) is 0 Å². The molecule has 0 bridgehead atoms. The topological polar surface area (TPSA) is 79.9 Å². The maximum Gasteiger partial charge on any atom is 0.319 e. The summed E-state index contributed by atoms with van der Waals surface area (Å²) in [7, 11) is 0. The van der Waals surface area contributed by atoms with Gasteiger partial charge in [0.15, 0.2) is 11.5 Å². The second-order valence-corrected chi connectivity index (χ2v) is 5.82. The highest BCUT2D eigenvalue weighted by Gasteiger charge is 2.39. The molecule has 1 aliphatic carbocycles. The highest BCUT2D eigenvalue weighted by atomic mass is 16.7. The molecule has 4 rings (SSSR count). The van der Waals surface area contributed by atoms with Gasteiger partial charge >= 0.3 is 6.03 Å². The number of nitrogens with one attached hydrogen (secondary N) is 2. The Hall–Kier alpha value is -2.44. The summed E-state index contributed by atoms with van der Waals surface area (Å²) in [5.41, 5.74) is 0.566. The molecule has 3 amide bonds. The summed E-state index contributed by atoms with van der Waals surface area (Å²) < 4.78 is 10.6. The minimum atomic E-state index is -0.334. The smallest absolute Gasteiger partial charge is 0.319 e. The van der Waals surface area contributed by atoms with Crippen molar-refractivity contribution in [1.82, 2.24) is 10.2 Å². The van der Waals surface area contributed by atoms with Crippen LogP contribution in [0, 0.1) is 0 Å². The minimum absolute atomic E-state index is 0.130. The summed E-state index contributed by atoms with van der Waals surface area (Å²) in [5.74, 6) is 1.29. The lowest BCUT2D eigenvalue weighted by atomic mass is 10.2. The largest absolute Gasteiger partial charge is 0.454 e. The van der Waals surface area contributed by atoms with Crippen LogP contribution in [0.5, 0.6) is 11.5 Å². The van der Waals surface area contributed by atoms with Crippen LogP contribution in [-0.2, 0) is 4.79 Å². The number of carbonyl (C=O) groups excluding carboxylic acids is 2. The molecular formula is C15H17N3O4. The number of para-hydroxylation sites is 1. The van der Waals surface area contributed by atoms with Crippen molar-refractivity contribution >= 4 is 17.6 Å². The zero-order chi connectivity index (χ0) is 15.1. The standard InChI is InChI=1S/C15H17N3O4/c19-13-6-9(7-18(13)10-4-5-10)16-15(20)17-11-2-1-3-12-14(11)22-8-21-12/h1-3,9-10H,4-8H2,(H2,16,17,20). The summed E-state index contributed by atoms with van der Waals surface area (Å²) in [6.45, 7) is 0.756. The van der Waals surface area contributed by atoms with Crippen molar-refractivity contribution in [2.75, 3.05) is 18.7 Å². The van der Waals surface area contributed by atoms with E-state index in [9.17, 15) is 9.59 Å². The first-order chi connectivity index (χ1) is 10.7. The molecule has 1 saturated heterocycles. The fraction of sp³-hybridized carbons (Fsp3) is 0.467. The third kappa shape index (κ3) is 2.43. The second kappa shape index (κ2) is 5.08. The van der Waals surface area contributed by atoms with Crippen molar-refractivity contribution < 1.29 is 19.1 Å². The molecule has 0 radical (unpaired) electrons. The zero-order valence-electron chi connectivity index (χ0n) is 12.0. The molecule has 7 heteroatoms. The van der Waals surface area contributed by atoms with Gasteiger partial charge in [-0.15, -0.1) is 0 Å². The monoisotopic (exact) mass is 303 g/mol. The van der Waals surface area contributed by atoms with Gasteiger partial charge in [-0.3, -0.25) is 4.79 Å². The van der Waals surface area contributed by atoms with E-state index in [1.54, 1.807) is 18.2 Å². The van der Waals surface area contributed by atoms with Crippen LogP contribution in [0.15, 0.2) is 18.2 Å². The molecule has 2 aliphatic heterocycles. The highest BCUT2D eigenvalue weighted by Crippen LogP contribution is 2.38. The van der Waals surface area contributed by atoms with Gasteiger partial charge in [0, 0.05) is 19.0 Å². The Bertz CT molecular complexity index is 629. The van der Waals surface area contributed by atoms with Gasteiger partial charge in [-0.05, 0) is 25.0 Å². The third-order valence-electron chi connectivity index (χ3n) is 4.13. The summed E-state index contributed by atoms with van der Waals surface area (Å²) in [6.07, 6.45) is 2.53. The number of hydrogen-bond donors (Lipinski definition) is 2. The summed E-state index contributed by atoms with van der Waals surface area (Å²) in [5, 5.41) is 5.61. The fourth-order valence-corrected chi connectivity index (χ4v) is 2.94. The van der Waals surface area contributed by atoms with Gasteiger partial charge in [-0.1, -0.05) is 6.07 Å². The maximum absolute atomic E-state index is 12.1. The van der Waals surface area contributed by atoms with Crippen molar-refractivity contribution in [3.63, 3.8) is 0 Å². The fourth-order valence-electron chi connectivity index (χ4n) is 2.94. The minimum Gasteiger partial charge on any atom is -0.454 e. The van der Waals surface area contributed by atoms with Gasteiger partial charge in [0.05, 0.1) is 11.7 Å². The Balaban J connectivity index is 1.37. The van der Waals surface area contributed by atoms with Gasteiger partial charge in [-0.25, -0.2) is 4.79 Å². The van der Waals surface area contributed by atoms with Gasteiger partial charge < -0.3 is 25.0 Å². The van der Waals surface area contributed by atoms with Gasteiger partial charge in [0.1, 0.15) is 0 Å². The zero-order valence-corrected chi connectivity index (χ0v) is 12.0. The molecule has 7 nitrogen and oxygen atoms in total. The maximum atomic E-state index is 12.1. The molecule has 1 unspecified atom stereocenters. The van der Waals surface area contributed by atoms with E-state index >= 15 is 0 Å². The van der Waals surface area contributed by atoms with E-state index < -0.39 is 0 Å². The van der Waals surface area contributed by atoms with Crippen molar-refractivity contribution in [3.05, 3.63) is 18.2 Å². The molecule has 1 atom stereocenters. The lowest BCUT2D eigenvalue weighted by Crippen LogP contribution is -2.40. The molecule has 0 aromatic heterocycles. The number of fused-ring (bicyclic) bond motifs is 1. The van der Waals surface area contributed by atoms with Crippen molar-refractivity contribution in [2.24, 2.45) is 0 Å². The molecular weight excluding hydrogens is 286 g/mol. The van der Waals surface area contributed by atoms with E-state index in [1.165, 1.54) is 0 Å². The molecule has 2 N–H and O–H groups in total. The number of carbonyl (C=O) groups is 2. The van der Waals surface area contributed by atoms with Crippen LogP contribution in [0.3, 0.4) is 0 Å². The van der Waals surface area contributed by atoms with Crippen molar-refractivity contribution in [3.8, 4) is 11.5 Å². The van der Waals surface area contributed by atoms with E-state index in [2.05, 4.69) is 10.6 Å². The summed E-state index contributed by atoms with van der Waals surface area (Å²) in [6, 6.07) is 5.25. The second-order valence-electron chi connectivity index (χ2n) is 5.82. The number of rotatable bonds is 3. The average molecular weight is 303 g/mol. The number of likely N-dealkylation sites (tertiary alicyclic amines) is 1. The van der Waals surface area contributed by atoms with Crippen LogP contribution in [0.2, 0.25) is 0 Å². The van der Waals surface area contributed by atoms with Crippen LogP contribution in [-0.4, -0.2) is 42.3 Å². The predicted octanol–water partition coefficient (Wildman–Crippen LogP) is 1.30. The molecule has 1 saturated carbocycles. The molecule has 1 aromatic rings. The molecule has 22 heavy (non-hydrogen) atoms. The van der Waals surface area contributed by atoms with E-state index in [-0.39, 0.29) is 24.8 Å². The SMILES string of the molecule is O=C(Nc1cccc2c1OCO2)NC1CC(=O)N(C2CC2)C1. The number of hydrogen-bond acceptors (Lipinski definition) is 4. The van der Waals surface area contributed by atoms with Gasteiger partial charge in [0.25, 0.3) is 0 Å². The van der Waals surface area contributed by atoms with Crippen LogP contribution in [0.25, 0.3) is 0 Å². The predicted molar refractivity (Wildman–Crippen MR) is 77.9 cm³/mol. The normalized spacial score (nSPS) is 22.8. The summed E-state index contributed by atoms with van der Waals surface area (Å²) >= 11 is 0. The van der Waals surface area contributed by atoms with E-state index in [0.29, 0.717) is 36.2 Å². The number of benzene rings is 1. The number of nitrogens with zero attached hydrogens (tertiary/aromatic N) is 1. The lowest BCUT2D eigenvalue weighted by Gasteiger charge is -2.16. The first-order valence-corrected chi connectivity index (χ1v) is 7.46. The Morgan fingerprint density at radius 2 is 2.14 bits per heavy atom. The Kier molecular flexibility index (Phi) is 3.06. The number of anilines is 1. The van der Waals surface area contributed by atoms with Gasteiger partial charge in [0.2, 0.25) is 12.7 Å². The molecule has 0 spiro atoms. The number of urea groups is 1. The summed E-state index contributed by atoms with van der Waals surface area (Å²) in [4.78, 5) is 25.9. The van der Waals surface area contributed by atoms with E-state index in [4.69, 9.17) is 9.47 Å². The number of amides is 3. The van der Waals surface area contributed by atoms with Crippen LogP contribution >= 0.6 is 0 Å². The Morgan fingerprint density at radius 1 is 1.27 bits per heavy atom. The van der Waals surface area contributed by atoms with Crippen LogP contribution < -0.4 is 20.1 Å². The molecule has 1 aromatic carbocycles. The third-order valence-corrected chi connectivity index (χ3v) is 4.13. The van der Waals surface area contributed by atoms with Crippen LogP contribution in [0.1, 0.15) is 19.3 Å². The van der Waals surface area contributed by atoms with Crippen molar-refractivity contribution in [1.29, 1.82) is 0 Å². The van der Waals surface area contributed by atoms with E-state index in [1.807, 2.05) is 4.90 Å².